The van der Waals surface area contributed by atoms with E-state index in [1.807, 2.05) is 19.3 Å². The van der Waals surface area contributed by atoms with Crippen molar-refractivity contribution in [2.45, 2.75) is 39.3 Å². The topological polar surface area (TPSA) is 28.2 Å². The molecular formula is C14H23N3. The van der Waals surface area contributed by atoms with Gasteiger partial charge in [0.05, 0.1) is 0 Å². The number of pyridine rings is 1. The van der Waals surface area contributed by atoms with E-state index in [1.54, 1.807) is 0 Å². The number of rotatable bonds is 3. The van der Waals surface area contributed by atoms with Gasteiger partial charge in [-0.3, -0.25) is 0 Å². The van der Waals surface area contributed by atoms with Gasteiger partial charge in [-0.1, -0.05) is 13.0 Å². The first-order valence-corrected chi connectivity index (χ1v) is 6.57. The van der Waals surface area contributed by atoms with Crippen LogP contribution in [0.1, 0.15) is 32.3 Å². The van der Waals surface area contributed by atoms with Gasteiger partial charge < -0.3 is 10.2 Å². The van der Waals surface area contributed by atoms with Gasteiger partial charge in [0.15, 0.2) is 0 Å². The van der Waals surface area contributed by atoms with Crippen LogP contribution in [0.2, 0.25) is 0 Å². The lowest BCUT2D eigenvalue weighted by Crippen LogP contribution is -2.42. The van der Waals surface area contributed by atoms with Gasteiger partial charge in [-0.2, -0.15) is 0 Å². The second-order valence-electron chi connectivity index (χ2n) is 5.20. The highest BCUT2D eigenvalue weighted by Crippen LogP contribution is 2.28. The second kappa shape index (κ2) is 5.50. The molecule has 2 rings (SSSR count). The van der Waals surface area contributed by atoms with Gasteiger partial charge in [0.1, 0.15) is 5.82 Å². The van der Waals surface area contributed by atoms with E-state index in [9.17, 15) is 0 Å². The van der Waals surface area contributed by atoms with Gasteiger partial charge in [-0.25, -0.2) is 4.98 Å². The highest BCUT2D eigenvalue weighted by atomic mass is 15.2. The monoisotopic (exact) mass is 233 g/mol. The predicted octanol–water partition coefficient (Wildman–Crippen LogP) is 2.43. The summed E-state index contributed by atoms with van der Waals surface area (Å²) in [6, 6.07) is 4.80. The van der Waals surface area contributed by atoms with Gasteiger partial charge in [0, 0.05) is 30.9 Å². The average molecular weight is 233 g/mol. The van der Waals surface area contributed by atoms with Crippen LogP contribution in [-0.2, 0) is 6.54 Å². The Morgan fingerprint density at radius 1 is 1.41 bits per heavy atom. The predicted molar refractivity (Wildman–Crippen MR) is 72.2 cm³/mol. The summed E-state index contributed by atoms with van der Waals surface area (Å²) in [5.74, 6) is 1.94. The second-order valence-corrected chi connectivity index (χ2v) is 5.20. The Morgan fingerprint density at radius 3 is 3.00 bits per heavy atom. The Morgan fingerprint density at radius 2 is 2.24 bits per heavy atom. The molecule has 3 heteroatoms. The summed E-state index contributed by atoms with van der Waals surface area (Å²) < 4.78 is 0. The third kappa shape index (κ3) is 2.78. The fraction of sp³-hybridized carbons (Fsp3) is 0.643. The molecule has 1 fully saturated rings. The molecule has 1 aliphatic rings. The highest BCUT2D eigenvalue weighted by Gasteiger charge is 2.25. The fourth-order valence-electron chi connectivity index (χ4n) is 2.60. The van der Waals surface area contributed by atoms with E-state index >= 15 is 0 Å². The zero-order valence-corrected chi connectivity index (χ0v) is 11.1. The molecule has 1 saturated heterocycles. The van der Waals surface area contributed by atoms with Gasteiger partial charge in [-0.15, -0.1) is 0 Å². The molecule has 1 aliphatic heterocycles. The third-order valence-electron chi connectivity index (χ3n) is 3.62. The van der Waals surface area contributed by atoms with Gasteiger partial charge in [-0.05, 0) is 38.8 Å². The molecule has 17 heavy (non-hydrogen) atoms. The van der Waals surface area contributed by atoms with E-state index in [2.05, 4.69) is 35.1 Å². The van der Waals surface area contributed by atoms with Crippen LogP contribution in [0.15, 0.2) is 18.3 Å². The Balaban J connectivity index is 2.25. The molecule has 2 unspecified atom stereocenters. The lowest BCUT2D eigenvalue weighted by Gasteiger charge is -2.38. The molecule has 2 atom stereocenters. The first kappa shape index (κ1) is 12.4. The number of anilines is 1. The lowest BCUT2D eigenvalue weighted by molar-refractivity contribution is 0.387. The summed E-state index contributed by atoms with van der Waals surface area (Å²) >= 11 is 0. The molecule has 1 aromatic rings. The minimum Gasteiger partial charge on any atom is -0.353 e. The Kier molecular flexibility index (Phi) is 4.00. The molecule has 94 valence electrons. The summed E-state index contributed by atoms with van der Waals surface area (Å²) in [5.41, 5.74) is 1.30. The highest BCUT2D eigenvalue weighted by molar-refractivity contribution is 5.48. The largest absolute Gasteiger partial charge is 0.353 e. The van der Waals surface area contributed by atoms with E-state index in [0.29, 0.717) is 6.04 Å². The summed E-state index contributed by atoms with van der Waals surface area (Å²) in [4.78, 5) is 7.06. The van der Waals surface area contributed by atoms with Crippen molar-refractivity contribution in [1.29, 1.82) is 0 Å². The van der Waals surface area contributed by atoms with Crippen molar-refractivity contribution in [2.24, 2.45) is 5.92 Å². The van der Waals surface area contributed by atoms with Crippen LogP contribution in [0.5, 0.6) is 0 Å². The van der Waals surface area contributed by atoms with E-state index in [0.717, 1.165) is 19.0 Å². The van der Waals surface area contributed by atoms with Crippen molar-refractivity contribution in [3.8, 4) is 0 Å². The van der Waals surface area contributed by atoms with Crippen LogP contribution >= 0.6 is 0 Å². The molecule has 0 saturated carbocycles. The van der Waals surface area contributed by atoms with Gasteiger partial charge in [0.25, 0.3) is 0 Å². The molecule has 0 aliphatic carbocycles. The van der Waals surface area contributed by atoms with E-state index in [1.165, 1.54) is 24.2 Å². The summed E-state index contributed by atoms with van der Waals surface area (Å²) in [7, 11) is 1.99. The molecule has 0 radical (unpaired) electrons. The van der Waals surface area contributed by atoms with E-state index < -0.39 is 0 Å². The standard InChI is InChI=1S/C14H23N3/c1-11-6-7-12(2)17(10-11)14-13(9-15-3)5-4-8-16-14/h4-5,8,11-12,15H,6-7,9-10H2,1-3H3. The van der Waals surface area contributed by atoms with Gasteiger partial charge in [0.2, 0.25) is 0 Å². The number of piperidine rings is 1. The van der Waals surface area contributed by atoms with Crippen molar-refractivity contribution in [1.82, 2.24) is 10.3 Å². The average Bonchev–Trinajstić information content (AvgIpc) is 2.34. The SMILES string of the molecule is CNCc1cccnc1N1CC(C)CCC1C. The Hall–Kier alpha value is -1.09. The number of aromatic nitrogens is 1. The van der Waals surface area contributed by atoms with Crippen molar-refractivity contribution >= 4 is 5.82 Å². The number of nitrogens with zero attached hydrogens (tertiary/aromatic N) is 2. The van der Waals surface area contributed by atoms with Crippen LogP contribution in [0.4, 0.5) is 5.82 Å². The van der Waals surface area contributed by atoms with Crippen LogP contribution in [-0.4, -0.2) is 24.6 Å². The maximum atomic E-state index is 4.59. The number of hydrogen-bond acceptors (Lipinski definition) is 3. The molecule has 0 amide bonds. The lowest BCUT2D eigenvalue weighted by atomic mass is 9.94. The zero-order chi connectivity index (χ0) is 12.3. The Bertz CT molecular complexity index is 364. The first-order chi connectivity index (χ1) is 8.22. The van der Waals surface area contributed by atoms with Gasteiger partial charge >= 0.3 is 0 Å². The normalized spacial score (nSPS) is 25.0. The molecule has 0 bridgehead atoms. The maximum absolute atomic E-state index is 4.59. The number of hydrogen-bond donors (Lipinski definition) is 1. The van der Waals surface area contributed by atoms with Crippen LogP contribution < -0.4 is 10.2 Å². The smallest absolute Gasteiger partial charge is 0.133 e. The Labute approximate surface area is 104 Å². The molecule has 0 spiro atoms. The third-order valence-corrected chi connectivity index (χ3v) is 3.62. The van der Waals surface area contributed by atoms with E-state index in [4.69, 9.17) is 0 Å². The molecule has 1 N–H and O–H groups in total. The van der Waals surface area contributed by atoms with Crippen LogP contribution in [0.3, 0.4) is 0 Å². The minimum atomic E-state index is 0.608. The summed E-state index contributed by atoms with van der Waals surface area (Å²) in [6.45, 7) is 6.67. The quantitative estimate of drug-likeness (QED) is 0.869. The van der Waals surface area contributed by atoms with E-state index in [-0.39, 0.29) is 0 Å². The first-order valence-electron chi connectivity index (χ1n) is 6.57. The molecule has 0 aromatic carbocycles. The van der Waals surface area contributed by atoms with Crippen LogP contribution in [0.25, 0.3) is 0 Å². The van der Waals surface area contributed by atoms with Crippen molar-refractivity contribution in [2.75, 3.05) is 18.5 Å². The molecule has 1 aromatic heterocycles. The number of nitrogens with one attached hydrogen (secondary N) is 1. The van der Waals surface area contributed by atoms with Crippen LogP contribution in [0, 0.1) is 5.92 Å². The molecule has 2 heterocycles. The summed E-state index contributed by atoms with van der Waals surface area (Å²) in [5, 5.41) is 3.22. The maximum Gasteiger partial charge on any atom is 0.133 e. The fourth-order valence-corrected chi connectivity index (χ4v) is 2.60. The zero-order valence-electron chi connectivity index (χ0n) is 11.1. The summed E-state index contributed by atoms with van der Waals surface area (Å²) in [6.07, 6.45) is 4.52. The molecule has 3 nitrogen and oxygen atoms in total. The minimum absolute atomic E-state index is 0.608. The van der Waals surface area contributed by atoms with Crippen molar-refractivity contribution < 1.29 is 0 Å². The van der Waals surface area contributed by atoms with Crippen molar-refractivity contribution in [3.05, 3.63) is 23.9 Å². The van der Waals surface area contributed by atoms with Crippen molar-refractivity contribution in [3.63, 3.8) is 0 Å². The molecular weight excluding hydrogens is 210 g/mol.